The molecule has 0 rings (SSSR count). The van der Waals surface area contributed by atoms with E-state index in [1.807, 2.05) is 21.1 Å². The smallest absolute Gasteiger partial charge is 0.361 e. The van der Waals surface area contributed by atoms with Crippen LogP contribution in [0.1, 0.15) is 373 Å². The molecule has 590 valence electrons. The van der Waals surface area contributed by atoms with Gasteiger partial charge in [-0.25, -0.2) is 4.79 Å². The molecule has 0 aliphatic carbocycles. The number of carbonyl (C=O) groups excluding carboxylic acids is 2. The van der Waals surface area contributed by atoms with Gasteiger partial charge in [0, 0.05) is 12.8 Å². The van der Waals surface area contributed by atoms with Crippen molar-refractivity contribution in [1.29, 1.82) is 0 Å². The molecule has 0 radical (unpaired) electrons. The summed E-state index contributed by atoms with van der Waals surface area (Å²) in [7, 11) is 5.99. The fourth-order valence-electron chi connectivity index (χ4n) is 12.1. The van der Waals surface area contributed by atoms with Gasteiger partial charge in [-0.05, 0) is 116 Å². The fraction of sp³-hybridized carbons (Fsp3) is 0.713. The molecular formula is C94H162NO8+. The molecule has 1 N–H and O–H groups in total. The Balaban J connectivity index is 3.97. The third kappa shape index (κ3) is 84.3. The minimum atomic E-state index is -1.52. The molecule has 0 aliphatic heterocycles. The summed E-state index contributed by atoms with van der Waals surface area (Å²) >= 11 is 0. The van der Waals surface area contributed by atoms with Crippen molar-refractivity contribution in [3.63, 3.8) is 0 Å². The van der Waals surface area contributed by atoms with Crippen molar-refractivity contribution < 1.29 is 42.9 Å². The Morgan fingerprint density at radius 2 is 0.524 bits per heavy atom. The first-order valence-electron chi connectivity index (χ1n) is 43.0. The number of allylic oxidation sites excluding steroid dienone is 24. The number of hydrogen-bond acceptors (Lipinski definition) is 7. The summed E-state index contributed by atoms with van der Waals surface area (Å²) in [6.45, 7) is 4.69. The van der Waals surface area contributed by atoms with Crippen LogP contribution < -0.4 is 0 Å². The number of unbranched alkanes of at least 4 members (excludes halogenated alkanes) is 40. The molecule has 0 spiro atoms. The number of carbonyl (C=O) groups is 3. The number of hydrogen-bond donors (Lipinski definition) is 1. The summed E-state index contributed by atoms with van der Waals surface area (Å²) < 4.78 is 23.1. The van der Waals surface area contributed by atoms with Crippen molar-refractivity contribution in [2.75, 3.05) is 47.5 Å². The molecule has 0 heterocycles. The predicted octanol–water partition coefficient (Wildman–Crippen LogP) is 28.2. The van der Waals surface area contributed by atoms with Crippen LogP contribution in [0.3, 0.4) is 0 Å². The van der Waals surface area contributed by atoms with E-state index in [1.165, 1.54) is 231 Å². The van der Waals surface area contributed by atoms with Crippen molar-refractivity contribution in [2.24, 2.45) is 0 Å². The van der Waals surface area contributed by atoms with Crippen LogP contribution in [-0.4, -0.2) is 87.4 Å². The van der Waals surface area contributed by atoms with E-state index in [9.17, 15) is 19.5 Å². The summed E-state index contributed by atoms with van der Waals surface area (Å²) in [5, 5.41) is 9.79. The molecule has 0 saturated carbocycles. The van der Waals surface area contributed by atoms with Gasteiger partial charge in [0.25, 0.3) is 6.29 Å². The van der Waals surface area contributed by atoms with Gasteiger partial charge < -0.3 is 28.5 Å². The number of rotatable bonds is 79. The third-order valence-corrected chi connectivity index (χ3v) is 18.6. The van der Waals surface area contributed by atoms with Crippen molar-refractivity contribution in [2.45, 2.75) is 386 Å². The van der Waals surface area contributed by atoms with Gasteiger partial charge in [-0.15, -0.1) is 0 Å². The molecular weight excluding hydrogens is 1270 g/mol. The van der Waals surface area contributed by atoms with E-state index in [2.05, 4.69) is 160 Å². The number of esters is 2. The number of carboxylic acids is 1. The number of carboxylic acid groups (broad SMARTS) is 1. The summed E-state index contributed by atoms with van der Waals surface area (Å²) in [6.07, 6.45) is 119. The van der Waals surface area contributed by atoms with Crippen LogP contribution in [0, 0.1) is 0 Å². The molecule has 9 nitrogen and oxygen atoms in total. The largest absolute Gasteiger partial charge is 0.477 e. The third-order valence-electron chi connectivity index (χ3n) is 18.6. The van der Waals surface area contributed by atoms with Gasteiger partial charge in [0.15, 0.2) is 6.10 Å². The molecule has 0 fully saturated rings. The zero-order valence-electron chi connectivity index (χ0n) is 67.7. The van der Waals surface area contributed by atoms with Crippen molar-refractivity contribution in [3.05, 3.63) is 146 Å². The van der Waals surface area contributed by atoms with Crippen LogP contribution in [0.4, 0.5) is 0 Å². The van der Waals surface area contributed by atoms with E-state index >= 15 is 0 Å². The number of likely N-dealkylation sites (N-methyl/N-ethyl adjacent to an activating group) is 1. The number of quaternary nitrogens is 1. The molecule has 0 aromatic heterocycles. The Morgan fingerprint density at radius 1 is 0.291 bits per heavy atom. The second kappa shape index (κ2) is 82.8. The first-order chi connectivity index (χ1) is 50.6. The highest BCUT2D eigenvalue weighted by atomic mass is 16.7. The van der Waals surface area contributed by atoms with E-state index in [0.717, 1.165) is 116 Å². The average Bonchev–Trinajstić information content (AvgIpc) is 1.16. The van der Waals surface area contributed by atoms with Crippen LogP contribution in [0.15, 0.2) is 146 Å². The van der Waals surface area contributed by atoms with Crippen LogP contribution in [0.25, 0.3) is 0 Å². The SMILES string of the molecule is CC/C=C\C/C=C\C/C=C\C/C=C\C/C=C\C/C=C\C/C=C\CCCCCCCCCCCCCCCCCC(=O)OC(COC(=O)CCCCCCCCCCCCCCCCCCCCCCCCCCC/C=C\C/C=C\C/C=C\C/C=C\C/C=C\CC)COC(OCC[N+](C)(C)C)C(=O)O. The molecule has 103 heavy (non-hydrogen) atoms. The van der Waals surface area contributed by atoms with Gasteiger partial charge in [0.2, 0.25) is 0 Å². The van der Waals surface area contributed by atoms with Gasteiger partial charge in [-0.1, -0.05) is 391 Å². The monoisotopic (exact) mass is 1430 g/mol. The Morgan fingerprint density at radius 3 is 0.777 bits per heavy atom. The summed E-state index contributed by atoms with van der Waals surface area (Å²) in [5.74, 6) is -1.99. The molecule has 2 atom stereocenters. The molecule has 9 heteroatoms. The first-order valence-corrected chi connectivity index (χ1v) is 43.0. The lowest BCUT2D eigenvalue weighted by Crippen LogP contribution is -2.40. The maximum absolute atomic E-state index is 13.0. The van der Waals surface area contributed by atoms with Crippen LogP contribution >= 0.6 is 0 Å². The zero-order chi connectivity index (χ0) is 74.6. The number of aliphatic carboxylic acids is 1. The van der Waals surface area contributed by atoms with Gasteiger partial charge in [-0.3, -0.25) is 9.59 Å². The average molecular weight is 1430 g/mol. The van der Waals surface area contributed by atoms with Gasteiger partial charge in [0.1, 0.15) is 13.2 Å². The fourth-order valence-corrected chi connectivity index (χ4v) is 12.1. The van der Waals surface area contributed by atoms with Crippen molar-refractivity contribution >= 4 is 17.9 Å². The minimum absolute atomic E-state index is 0.183. The standard InChI is InChI=1S/C94H161NO8/c1-6-8-10-12-14-16-18-20-22-24-26-28-30-32-34-36-38-40-42-44-45-46-47-49-50-52-54-56-58-60-62-64-66-68-70-72-74-76-78-80-82-84-91(96)101-88-90(89-102-94(93(98)99)100-87-86-95(3,4)5)103-92(97)85-83-81-79-77-75-73-71-69-67-65-63-61-59-57-55-53-51-48-43-41-39-37-35-33-31-29-27-25-23-21-19-17-15-13-11-9-7-2/h8-11,14-17,20-23,26-29,32-35,39,41,48,51,90,94H,6-7,12-13,18-19,24-25,30-31,36-38,40,42-47,49-50,52-89H2,1-5H3/p+1/b10-8-,11-9-,16-14-,17-15-,22-20-,23-21-,28-26-,29-27-,34-32-,35-33-,41-39-,51-48-. The van der Waals surface area contributed by atoms with E-state index in [1.54, 1.807) is 0 Å². The Bertz CT molecular complexity index is 2220. The van der Waals surface area contributed by atoms with Crippen LogP contribution in [-0.2, 0) is 33.3 Å². The van der Waals surface area contributed by atoms with Crippen LogP contribution in [0.2, 0.25) is 0 Å². The summed E-state index contributed by atoms with van der Waals surface area (Å²) in [6, 6.07) is 0. The normalized spacial score (nSPS) is 13.4. The first kappa shape index (κ1) is 98.2. The molecule has 0 aromatic carbocycles. The Labute approximate surface area is 636 Å². The lowest BCUT2D eigenvalue weighted by molar-refractivity contribution is -0.870. The van der Waals surface area contributed by atoms with E-state index in [4.69, 9.17) is 18.9 Å². The molecule has 2 unspecified atom stereocenters. The van der Waals surface area contributed by atoms with Crippen molar-refractivity contribution in [1.82, 2.24) is 0 Å². The molecule has 0 saturated heterocycles. The molecule has 0 aromatic rings. The maximum atomic E-state index is 13.0. The number of nitrogens with zero attached hydrogens (tertiary/aromatic N) is 1. The van der Waals surface area contributed by atoms with Gasteiger partial charge in [-0.2, -0.15) is 0 Å². The molecule has 0 aliphatic rings. The van der Waals surface area contributed by atoms with E-state index in [0.29, 0.717) is 17.4 Å². The highest BCUT2D eigenvalue weighted by molar-refractivity contribution is 5.71. The van der Waals surface area contributed by atoms with E-state index in [-0.39, 0.29) is 32.2 Å². The zero-order valence-corrected chi connectivity index (χ0v) is 67.7. The van der Waals surface area contributed by atoms with Gasteiger partial charge in [0.05, 0.1) is 34.4 Å². The van der Waals surface area contributed by atoms with Crippen molar-refractivity contribution in [3.8, 4) is 0 Å². The van der Waals surface area contributed by atoms with Crippen LogP contribution in [0.5, 0.6) is 0 Å². The summed E-state index contributed by atoms with van der Waals surface area (Å²) in [5.41, 5.74) is 0. The second-order valence-electron chi connectivity index (χ2n) is 29.7. The van der Waals surface area contributed by atoms with Gasteiger partial charge >= 0.3 is 17.9 Å². The maximum Gasteiger partial charge on any atom is 0.361 e. The number of ether oxygens (including phenoxy) is 4. The highest BCUT2D eigenvalue weighted by Crippen LogP contribution is 2.19. The molecule has 0 amide bonds. The summed E-state index contributed by atoms with van der Waals surface area (Å²) in [4.78, 5) is 37.8. The lowest BCUT2D eigenvalue weighted by atomic mass is 10.0. The highest BCUT2D eigenvalue weighted by Gasteiger charge is 2.25. The van der Waals surface area contributed by atoms with E-state index < -0.39 is 24.3 Å². The lowest BCUT2D eigenvalue weighted by Gasteiger charge is -2.25. The minimum Gasteiger partial charge on any atom is -0.477 e. The second-order valence-corrected chi connectivity index (χ2v) is 29.7. The predicted molar refractivity (Wildman–Crippen MR) is 447 cm³/mol. The Hall–Kier alpha value is -4.83. The topological polar surface area (TPSA) is 108 Å². The Kier molecular flexibility index (Phi) is 78.9. The molecule has 0 bridgehead atoms. The quantitative estimate of drug-likeness (QED) is 0.0211.